The van der Waals surface area contributed by atoms with Crippen molar-refractivity contribution in [2.45, 2.75) is 37.1 Å². The number of hydrogen-bond donors (Lipinski definition) is 1. The largest absolute Gasteiger partial charge is 0.313 e. The van der Waals surface area contributed by atoms with Gasteiger partial charge in [-0.15, -0.1) is 18.3 Å². The van der Waals surface area contributed by atoms with E-state index < -0.39 is 0 Å². The highest BCUT2D eigenvalue weighted by Gasteiger charge is 2.08. The fourth-order valence-corrected chi connectivity index (χ4v) is 3.34. The molecule has 1 aromatic rings. The maximum Gasteiger partial charge on any atom is 0.0311 e. The van der Waals surface area contributed by atoms with Crippen LogP contribution < -0.4 is 5.32 Å². The van der Waals surface area contributed by atoms with Crippen molar-refractivity contribution < 1.29 is 0 Å². The molecule has 0 amide bonds. The van der Waals surface area contributed by atoms with Crippen molar-refractivity contribution >= 4 is 27.7 Å². The first-order valence-electron chi connectivity index (χ1n) is 6.49. The summed E-state index contributed by atoms with van der Waals surface area (Å²) in [5, 5.41) is 3.61. The Morgan fingerprint density at radius 3 is 2.89 bits per heavy atom. The van der Waals surface area contributed by atoms with Crippen molar-refractivity contribution in [2.24, 2.45) is 0 Å². The molecule has 0 heterocycles. The molecule has 1 rings (SSSR count). The molecule has 0 saturated carbocycles. The Morgan fingerprint density at radius 2 is 2.22 bits per heavy atom. The van der Waals surface area contributed by atoms with Crippen molar-refractivity contribution in [3.05, 3.63) is 41.4 Å². The minimum Gasteiger partial charge on any atom is -0.313 e. The molecule has 0 aliphatic rings. The van der Waals surface area contributed by atoms with Gasteiger partial charge in [0.2, 0.25) is 0 Å². The molecule has 1 aromatic carbocycles. The van der Waals surface area contributed by atoms with Crippen LogP contribution in [0, 0.1) is 0 Å². The summed E-state index contributed by atoms with van der Waals surface area (Å²) < 4.78 is 1.19. The van der Waals surface area contributed by atoms with Crippen LogP contribution in [-0.4, -0.2) is 18.3 Å². The number of allylic oxidation sites excluding steroid dienone is 1. The fourth-order valence-electron chi connectivity index (χ4n) is 1.66. The number of benzene rings is 1. The van der Waals surface area contributed by atoms with Crippen molar-refractivity contribution in [2.75, 3.05) is 12.3 Å². The standard InChI is InChI=1S/C15H22BrNS/c1-3-5-8-13(17-11-4-2)12-18-15-10-7-6-9-14(15)16/h3,6-7,9-10,13,17H,1,4-5,8,11-12H2,2H3. The second-order valence-corrected chi connectivity index (χ2v) is 6.17. The Labute approximate surface area is 124 Å². The highest BCUT2D eigenvalue weighted by Crippen LogP contribution is 2.27. The van der Waals surface area contributed by atoms with Crippen LogP contribution in [0.1, 0.15) is 26.2 Å². The minimum atomic E-state index is 0.569. The first-order valence-corrected chi connectivity index (χ1v) is 8.27. The number of nitrogens with one attached hydrogen (secondary N) is 1. The molecule has 0 fully saturated rings. The summed E-state index contributed by atoms with van der Waals surface area (Å²) in [7, 11) is 0. The predicted molar refractivity (Wildman–Crippen MR) is 86.4 cm³/mol. The molecule has 0 aliphatic carbocycles. The third kappa shape index (κ3) is 6.07. The maximum atomic E-state index is 3.80. The summed E-state index contributed by atoms with van der Waals surface area (Å²) in [5.41, 5.74) is 0. The zero-order valence-electron chi connectivity index (χ0n) is 11.0. The number of halogens is 1. The molecular weight excluding hydrogens is 306 g/mol. The van der Waals surface area contributed by atoms with Crippen molar-refractivity contribution in [3.8, 4) is 0 Å². The quantitative estimate of drug-likeness (QED) is 0.512. The van der Waals surface area contributed by atoms with E-state index in [4.69, 9.17) is 0 Å². The zero-order valence-corrected chi connectivity index (χ0v) is 13.4. The lowest BCUT2D eigenvalue weighted by molar-refractivity contribution is 0.524. The molecule has 0 saturated heterocycles. The number of thioether (sulfide) groups is 1. The molecule has 1 nitrogen and oxygen atoms in total. The molecule has 0 bridgehead atoms. The molecule has 0 radical (unpaired) electrons. The lowest BCUT2D eigenvalue weighted by atomic mass is 10.2. The molecule has 1 unspecified atom stereocenters. The van der Waals surface area contributed by atoms with Crippen LogP contribution >= 0.6 is 27.7 Å². The van der Waals surface area contributed by atoms with Gasteiger partial charge in [0.1, 0.15) is 0 Å². The van der Waals surface area contributed by atoms with Crippen LogP contribution in [0.15, 0.2) is 46.3 Å². The van der Waals surface area contributed by atoms with E-state index in [1.54, 1.807) is 0 Å². The van der Waals surface area contributed by atoms with Gasteiger partial charge in [-0.05, 0) is 53.9 Å². The molecule has 3 heteroatoms. The van der Waals surface area contributed by atoms with Gasteiger partial charge in [-0.1, -0.05) is 25.1 Å². The van der Waals surface area contributed by atoms with Gasteiger partial charge in [0.05, 0.1) is 0 Å². The molecule has 18 heavy (non-hydrogen) atoms. The van der Waals surface area contributed by atoms with Crippen molar-refractivity contribution in [1.82, 2.24) is 5.32 Å². The summed E-state index contributed by atoms with van der Waals surface area (Å²) in [4.78, 5) is 1.32. The third-order valence-electron chi connectivity index (χ3n) is 2.68. The van der Waals surface area contributed by atoms with Gasteiger partial charge in [-0.25, -0.2) is 0 Å². The lowest BCUT2D eigenvalue weighted by Gasteiger charge is -2.17. The number of rotatable bonds is 9. The van der Waals surface area contributed by atoms with Crippen LogP contribution in [0.2, 0.25) is 0 Å². The fraction of sp³-hybridized carbons (Fsp3) is 0.467. The van der Waals surface area contributed by atoms with Gasteiger partial charge in [-0.3, -0.25) is 0 Å². The highest BCUT2D eigenvalue weighted by atomic mass is 79.9. The summed E-state index contributed by atoms with van der Waals surface area (Å²) >= 11 is 5.51. The topological polar surface area (TPSA) is 12.0 Å². The second kappa shape index (κ2) is 9.65. The summed E-state index contributed by atoms with van der Waals surface area (Å²) in [6.07, 6.45) is 5.44. The Kier molecular flexibility index (Phi) is 8.47. The van der Waals surface area contributed by atoms with Crippen molar-refractivity contribution in [1.29, 1.82) is 0 Å². The van der Waals surface area contributed by atoms with E-state index in [1.807, 2.05) is 17.8 Å². The summed E-state index contributed by atoms with van der Waals surface area (Å²) in [6, 6.07) is 8.98. The van der Waals surface area contributed by atoms with Crippen LogP contribution in [0.5, 0.6) is 0 Å². The molecule has 0 aliphatic heterocycles. The summed E-state index contributed by atoms with van der Waals surface area (Å²) in [5.74, 6) is 1.11. The van der Waals surface area contributed by atoms with Gasteiger partial charge in [0.25, 0.3) is 0 Å². The molecule has 1 atom stereocenters. The highest BCUT2D eigenvalue weighted by molar-refractivity contribution is 9.10. The van der Waals surface area contributed by atoms with Crippen LogP contribution in [-0.2, 0) is 0 Å². The molecule has 100 valence electrons. The first kappa shape index (κ1) is 15.8. The van der Waals surface area contributed by atoms with Crippen LogP contribution in [0.25, 0.3) is 0 Å². The Hall–Kier alpha value is -0.250. The van der Waals surface area contributed by atoms with E-state index in [1.165, 1.54) is 22.2 Å². The SMILES string of the molecule is C=CCCC(CSc1ccccc1Br)NCCC. The predicted octanol–water partition coefficient (Wildman–Crippen LogP) is 4.88. The second-order valence-electron chi connectivity index (χ2n) is 4.26. The monoisotopic (exact) mass is 327 g/mol. The van der Waals surface area contributed by atoms with Crippen LogP contribution in [0.3, 0.4) is 0 Å². The van der Waals surface area contributed by atoms with E-state index in [9.17, 15) is 0 Å². The Bertz CT molecular complexity index is 354. The summed E-state index contributed by atoms with van der Waals surface area (Å²) in [6.45, 7) is 7.11. The third-order valence-corrected chi connectivity index (χ3v) is 4.87. The molecule has 0 aromatic heterocycles. The van der Waals surface area contributed by atoms with Gasteiger partial charge < -0.3 is 5.32 Å². The van der Waals surface area contributed by atoms with E-state index >= 15 is 0 Å². The van der Waals surface area contributed by atoms with E-state index in [-0.39, 0.29) is 0 Å². The maximum absolute atomic E-state index is 3.80. The molecule has 1 N–H and O–H groups in total. The van der Waals surface area contributed by atoms with Gasteiger partial charge >= 0.3 is 0 Å². The zero-order chi connectivity index (χ0) is 13.2. The van der Waals surface area contributed by atoms with E-state index in [2.05, 4.69) is 59.0 Å². The van der Waals surface area contributed by atoms with E-state index in [0.717, 1.165) is 18.7 Å². The Balaban J connectivity index is 2.44. The average Bonchev–Trinajstić information content (AvgIpc) is 2.39. The average molecular weight is 328 g/mol. The molecule has 0 spiro atoms. The molecular formula is C15H22BrNS. The van der Waals surface area contributed by atoms with E-state index in [0.29, 0.717) is 6.04 Å². The smallest absolute Gasteiger partial charge is 0.0311 e. The van der Waals surface area contributed by atoms with Gasteiger partial charge in [-0.2, -0.15) is 0 Å². The van der Waals surface area contributed by atoms with Crippen LogP contribution in [0.4, 0.5) is 0 Å². The lowest BCUT2D eigenvalue weighted by Crippen LogP contribution is -2.31. The van der Waals surface area contributed by atoms with Crippen molar-refractivity contribution in [3.63, 3.8) is 0 Å². The van der Waals surface area contributed by atoms with Gasteiger partial charge in [0.15, 0.2) is 0 Å². The number of hydrogen-bond acceptors (Lipinski definition) is 2. The first-order chi connectivity index (χ1) is 8.77. The minimum absolute atomic E-state index is 0.569. The van der Waals surface area contributed by atoms with Gasteiger partial charge in [0, 0.05) is 21.2 Å². The normalized spacial score (nSPS) is 12.3. The Morgan fingerprint density at radius 1 is 1.44 bits per heavy atom.